The Morgan fingerprint density at radius 2 is 1.55 bits per heavy atom. The molecule has 3 aliphatic rings. The minimum absolute atomic E-state index is 0.251. The molecule has 0 aromatic heterocycles. The lowest BCUT2D eigenvalue weighted by Gasteiger charge is -2.48. The van der Waals surface area contributed by atoms with E-state index in [0.29, 0.717) is 12.0 Å². The minimum atomic E-state index is 0.251. The van der Waals surface area contributed by atoms with Crippen molar-refractivity contribution in [2.45, 2.75) is 57.5 Å². The maximum atomic E-state index is 5.62. The Morgan fingerprint density at radius 1 is 0.931 bits per heavy atom. The zero-order chi connectivity index (χ0) is 20.5. The maximum Gasteiger partial charge on any atom is 0.191 e. The van der Waals surface area contributed by atoms with Crippen LogP contribution in [-0.2, 0) is 9.47 Å². The molecule has 7 nitrogen and oxygen atoms in total. The first-order valence-corrected chi connectivity index (χ1v) is 11.7. The molecule has 7 heteroatoms. The van der Waals surface area contributed by atoms with Gasteiger partial charge < -0.3 is 20.1 Å². The molecule has 2 N–H and O–H groups in total. The fourth-order valence-electron chi connectivity index (χ4n) is 5.22. The highest BCUT2D eigenvalue weighted by atomic mass is 16.5. The van der Waals surface area contributed by atoms with Gasteiger partial charge in [0.05, 0.1) is 26.4 Å². The van der Waals surface area contributed by atoms with Gasteiger partial charge in [0.15, 0.2) is 5.96 Å². The summed E-state index contributed by atoms with van der Waals surface area (Å²) in [6, 6.07) is 0.500. The molecule has 2 aliphatic heterocycles. The number of rotatable bonds is 7. The van der Waals surface area contributed by atoms with Gasteiger partial charge in [0.2, 0.25) is 0 Å². The first-order valence-electron chi connectivity index (χ1n) is 11.7. The molecule has 29 heavy (non-hydrogen) atoms. The van der Waals surface area contributed by atoms with E-state index in [1.165, 1.54) is 32.1 Å². The van der Waals surface area contributed by atoms with Gasteiger partial charge in [0, 0.05) is 57.9 Å². The van der Waals surface area contributed by atoms with Gasteiger partial charge >= 0.3 is 0 Å². The number of hydrogen-bond donors (Lipinski definition) is 2. The summed E-state index contributed by atoms with van der Waals surface area (Å²) in [6.45, 7) is 14.1. The predicted molar refractivity (Wildman–Crippen MR) is 119 cm³/mol. The monoisotopic (exact) mass is 409 g/mol. The normalized spacial score (nSPS) is 25.7. The maximum absolute atomic E-state index is 5.62. The molecule has 3 rings (SSSR count). The van der Waals surface area contributed by atoms with E-state index in [1.807, 2.05) is 7.05 Å². The van der Waals surface area contributed by atoms with Crippen LogP contribution in [0.3, 0.4) is 0 Å². The van der Waals surface area contributed by atoms with E-state index in [4.69, 9.17) is 9.47 Å². The highest BCUT2D eigenvalue weighted by Crippen LogP contribution is 2.33. The SMILES string of the molecule is CN=C(NCC(C(C)C)N1CCOCC1)NCC1(N2CCOCC2)CCCCC1. The average Bonchev–Trinajstić information content (AvgIpc) is 2.78. The van der Waals surface area contributed by atoms with Crippen LogP contribution in [0.4, 0.5) is 0 Å². The van der Waals surface area contributed by atoms with Gasteiger partial charge in [0.1, 0.15) is 0 Å². The van der Waals surface area contributed by atoms with Crippen LogP contribution in [0.1, 0.15) is 46.0 Å². The molecule has 0 spiro atoms. The molecular formula is C22H43N5O2. The number of ether oxygens (including phenoxy) is 2. The van der Waals surface area contributed by atoms with Crippen LogP contribution in [0.25, 0.3) is 0 Å². The molecule has 3 fully saturated rings. The quantitative estimate of drug-likeness (QED) is 0.491. The van der Waals surface area contributed by atoms with Crippen LogP contribution in [0.5, 0.6) is 0 Å². The molecule has 1 aliphatic carbocycles. The van der Waals surface area contributed by atoms with Gasteiger partial charge in [-0.2, -0.15) is 0 Å². The second-order valence-corrected chi connectivity index (χ2v) is 9.15. The minimum Gasteiger partial charge on any atom is -0.379 e. The van der Waals surface area contributed by atoms with E-state index in [0.717, 1.165) is 71.7 Å². The van der Waals surface area contributed by atoms with Gasteiger partial charge in [-0.05, 0) is 18.8 Å². The number of guanidine groups is 1. The van der Waals surface area contributed by atoms with Crippen molar-refractivity contribution in [3.05, 3.63) is 0 Å². The Hall–Kier alpha value is -0.890. The molecule has 1 saturated carbocycles. The van der Waals surface area contributed by atoms with E-state index in [2.05, 4.69) is 39.3 Å². The molecule has 1 unspecified atom stereocenters. The summed E-state index contributed by atoms with van der Waals surface area (Å²) < 4.78 is 11.2. The number of hydrogen-bond acceptors (Lipinski definition) is 5. The van der Waals surface area contributed by atoms with Gasteiger partial charge in [-0.25, -0.2) is 0 Å². The van der Waals surface area contributed by atoms with Crippen molar-refractivity contribution in [2.75, 3.05) is 72.7 Å². The molecule has 0 bridgehead atoms. The number of nitrogens with zero attached hydrogens (tertiary/aromatic N) is 3. The van der Waals surface area contributed by atoms with Crippen molar-refractivity contribution in [3.63, 3.8) is 0 Å². The predicted octanol–water partition coefficient (Wildman–Crippen LogP) is 1.54. The van der Waals surface area contributed by atoms with Crippen molar-refractivity contribution in [1.82, 2.24) is 20.4 Å². The first kappa shape index (κ1) is 22.8. The van der Waals surface area contributed by atoms with Crippen LogP contribution >= 0.6 is 0 Å². The van der Waals surface area contributed by atoms with Crippen molar-refractivity contribution in [3.8, 4) is 0 Å². The van der Waals surface area contributed by atoms with Gasteiger partial charge in [-0.3, -0.25) is 14.8 Å². The van der Waals surface area contributed by atoms with Crippen molar-refractivity contribution < 1.29 is 9.47 Å². The van der Waals surface area contributed by atoms with Crippen molar-refractivity contribution >= 4 is 5.96 Å². The summed E-state index contributed by atoms with van der Waals surface area (Å²) in [6.07, 6.45) is 6.59. The van der Waals surface area contributed by atoms with Crippen molar-refractivity contribution in [2.24, 2.45) is 10.9 Å². The number of aliphatic imine (C=N–C) groups is 1. The van der Waals surface area contributed by atoms with Crippen molar-refractivity contribution in [1.29, 1.82) is 0 Å². The molecule has 2 saturated heterocycles. The van der Waals surface area contributed by atoms with E-state index in [1.54, 1.807) is 0 Å². The Balaban J connectivity index is 1.55. The zero-order valence-corrected chi connectivity index (χ0v) is 18.9. The van der Waals surface area contributed by atoms with E-state index in [-0.39, 0.29) is 5.54 Å². The van der Waals surface area contributed by atoms with Crippen LogP contribution < -0.4 is 10.6 Å². The van der Waals surface area contributed by atoms with Crippen LogP contribution in [-0.4, -0.2) is 100 Å². The zero-order valence-electron chi connectivity index (χ0n) is 18.9. The average molecular weight is 410 g/mol. The summed E-state index contributed by atoms with van der Waals surface area (Å²) >= 11 is 0. The van der Waals surface area contributed by atoms with E-state index < -0.39 is 0 Å². The molecule has 2 heterocycles. The second-order valence-electron chi connectivity index (χ2n) is 9.15. The van der Waals surface area contributed by atoms with Crippen LogP contribution in [0.15, 0.2) is 4.99 Å². The third-order valence-electron chi connectivity index (χ3n) is 7.04. The molecule has 1 atom stereocenters. The Bertz CT molecular complexity index is 495. The molecule has 0 aromatic rings. The third-order valence-corrected chi connectivity index (χ3v) is 7.04. The molecule has 0 amide bonds. The molecule has 0 radical (unpaired) electrons. The van der Waals surface area contributed by atoms with Crippen LogP contribution in [0, 0.1) is 5.92 Å². The summed E-state index contributed by atoms with van der Waals surface area (Å²) in [4.78, 5) is 9.77. The topological polar surface area (TPSA) is 61.4 Å². The second kappa shape index (κ2) is 11.5. The lowest BCUT2D eigenvalue weighted by molar-refractivity contribution is -0.0353. The Morgan fingerprint density at radius 3 is 2.14 bits per heavy atom. The summed E-state index contributed by atoms with van der Waals surface area (Å²) in [7, 11) is 1.89. The summed E-state index contributed by atoms with van der Waals surface area (Å²) in [5.74, 6) is 1.53. The fraction of sp³-hybridized carbons (Fsp3) is 0.955. The van der Waals surface area contributed by atoms with Crippen LogP contribution in [0.2, 0.25) is 0 Å². The number of morpholine rings is 2. The molecule has 168 valence electrons. The Kier molecular flexibility index (Phi) is 9.03. The standard InChI is InChI=1S/C22H43N5O2/c1-19(2)20(26-9-13-28-14-10-26)17-24-21(23-3)25-18-22(7-5-4-6-8-22)27-11-15-29-16-12-27/h19-20H,4-18H2,1-3H3,(H2,23,24,25). The molecule has 0 aromatic carbocycles. The summed E-state index contributed by atoms with van der Waals surface area (Å²) in [5, 5.41) is 7.31. The van der Waals surface area contributed by atoms with Gasteiger partial charge in [-0.1, -0.05) is 33.1 Å². The van der Waals surface area contributed by atoms with Gasteiger partial charge in [-0.15, -0.1) is 0 Å². The fourth-order valence-corrected chi connectivity index (χ4v) is 5.22. The molecular weight excluding hydrogens is 366 g/mol. The smallest absolute Gasteiger partial charge is 0.191 e. The van der Waals surface area contributed by atoms with Gasteiger partial charge in [0.25, 0.3) is 0 Å². The van der Waals surface area contributed by atoms with E-state index in [9.17, 15) is 0 Å². The lowest BCUT2D eigenvalue weighted by atomic mass is 9.80. The number of nitrogens with one attached hydrogen (secondary N) is 2. The largest absolute Gasteiger partial charge is 0.379 e. The van der Waals surface area contributed by atoms with E-state index >= 15 is 0 Å². The Labute approximate surface area is 177 Å². The lowest BCUT2D eigenvalue weighted by Crippen LogP contribution is -2.61. The highest BCUT2D eigenvalue weighted by molar-refractivity contribution is 5.79. The highest BCUT2D eigenvalue weighted by Gasteiger charge is 2.38. The summed E-state index contributed by atoms with van der Waals surface area (Å²) in [5.41, 5.74) is 0.251. The first-order chi connectivity index (χ1) is 14.1. The third kappa shape index (κ3) is 6.29.